The van der Waals surface area contributed by atoms with Gasteiger partial charge in [0.1, 0.15) is 31.3 Å². The molecule has 1 aromatic heterocycles. The van der Waals surface area contributed by atoms with Gasteiger partial charge in [-0.15, -0.1) is 0 Å². The summed E-state index contributed by atoms with van der Waals surface area (Å²) in [6, 6.07) is 0. The molecule has 0 aliphatic carbocycles. The molecule has 0 saturated carbocycles. The summed E-state index contributed by atoms with van der Waals surface area (Å²) in [5.41, 5.74) is 2.63. The Balaban J connectivity index is 2.43. The van der Waals surface area contributed by atoms with Gasteiger partial charge in [0.2, 0.25) is 0 Å². The van der Waals surface area contributed by atoms with Crippen LogP contribution in [0.4, 0.5) is 0 Å². The highest BCUT2D eigenvalue weighted by Gasteiger charge is 2.27. The number of esters is 2. The molecule has 1 rings (SSSR count). The van der Waals surface area contributed by atoms with Crippen LogP contribution in [-0.2, 0) is 50.3 Å². The molecule has 1 heterocycles. The number of phosphoric acid groups is 1. The van der Waals surface area contributed by atoms with Crippen molar-refractivity contribution in [1.82, 2.24) is 0 Å². The van der Waals surface area contributed by atoms with Crippen molar-refractivity contribution < 1.29 is 51.3 Å². The fourth-order valence-electron chi connectivity index (χ4n) is 6.50. The number of phosphoric ester groups is 1. The first kappa shape index (κ1) is 56.9. The van der Waals surface area contributed by atoms with Crippen molar-refractivity contribution >= 4 is 25.5 Å². The summed E-state index contributed by atoms with van der Waals surface area (Å²) < 4.78 is 40.4. The smallest absolute Gasteiger partial charge is 0.466 e. The Hall–Kier alpha value is -3.08. The number of furan rings is 1. The molecule has 1 unspecified atom stereocenters. The zero-order valence-corrected chi connectivity index (χ0v) is 40.7. The van der Waals surface area contributed by atoms with E-state index in [-0.39, 0.29) is 44.7 Å². The van der Waals surface area contributed by atoms with Crippen LogP contribution >= 0.6 is 7.82 Å². The SMILES string of the molecule is CCCCC/C=C\C/C=C\C/C=C\C=C\C(=O)CCCC(=O)OC[C@H](COP(=O)(O)OCC[N+](C)(C)C)OC(=O)CCCCCCCCCCc1oc(CCCCC)c(C)c1C. The minimum atomic E-state index is -4.45. The highest BCUT2D eigenvalue weighted by Crippen LogP contribution is 2.43. The standard InChI is InChI=1S/C50H84NO10P/c1-8-10-12-13-14-15-16-17-18-19-22-25-29-33-45(52)34-32-38-49(53)57-41-46(42-59-62(55,56)58-40-39-51(5,6)7)60-50(54)37-31-27-24-21-20-23-26-30-36-48-44(4)43(3)47(61-48)35-28-11-9-2/h14-15,17-18,22,25,29,33,46H,8-13,16,19-21,23-24,26-28,30-32,34-42H2,1-7H3/p+1/b15-14-,18-17-,25-22-,33-29+/t46-/m1/s1. The second-order valence-electron chi connectivity index (χ2n) is 17.4. The molecule has 12 heteroatoms. The maximum absolute atomic E-state index is 12.8. The Morgan fingerprint density at radius 1 is 0.661 bits per heavy atom. The molecule has 0 amide bonds. The normalized spacial score (nSPS) is 13.8. The minimum Gasteiger partial charge on any atom is -0.466 e. The number of unbranched alkanes of at least 4 members (excludes halogenated alkanes) is 12. The average molecular weight is 891 g/mol. The number of quaternary nitrogens is 1. The number of ketones is 1. The maximum Gasteiger partial charge on any atom is 0.472 e. The number of likely N-dealkylation sites (N-methyl/N-ethyl adjacent to an activating group) is 1. The number of carbonyl (C=O) groups excluding carboxylic acids is 3. The quantitative estimate of drug-likeness (QED) is 0.0129. The largest absolute Gasteiger partial charge is 0.472 e. The molecule has 0 aliphatic rings. The summed E-state index contributed by atoms with van der Waals surface area (Å²) >= 11 is 0. The van der Waals surface area contributed by atoms with E-state index in [1.807, 2.05) is 33.3 Å². The highest BCUT2D eigenvalue weighted by atomic mass is 31.2. The Morgan fingerprint density at radius 2 is 1.23 bits per heavy atom. The summed E-state index contributed by atoms with van der Waals surface area (Å²) in [6.45, 7) is 8.40. The van der Waals surface area contributed by atoms with Crippen LogP contribution in [0.2, 0.25) is 0 Å². The maximum atomic E-state index is 12.8. The van der Waals surface area contributed by atoms with Crippen LogP contribution in [0.5, 0.6) is 0 Å². The predicted molar refractivity (Wildman–Crippen MR) is 251 cm³/mol. The van der Waals surface area contributed by atoms with Crippen LogP contribution in [-0.4, -0.2) is 80.7 Å². The first-order valence-corrected chi connectivity index (χ1v) is 25.2. The van der Waals surface area contributed by atoms with E-state index in [0.29, 0.717) is 17.4 Å². The number of hydrogen-bond donors (Lipinski definition) is 1. The van der Waals surface area contributed by atoms with E-state index in [9.17, 15) is 23.8 Å². The van der Waals surface area contributed by atoms with Gasteiger partial charge in [0.05, 0.1) is 27.7 Å². The van der Waals surface area contributed by atoms with E-state index < -0.39 is 32.5 Å². The molecular weight excluding hydrogens is 806 g/mol. The van der Waals surface area contributed by atoms with Crippen LogP contribution in [0.3, 0.4) is 0 Å². The zero-order chi connectivity index (χ0) is 45.9. The molecule has 0 saturated heterocycles. The van der Waals surface area contributed by atoms with Gasteiger partial charge in [-0.3, -0.25) is 23.4 Å². The number of hydrogen-bond acceptors (Lipinski definition) is 9. The predicted octanol–water partition coefficient (Wildman–Crippen LogP) is 12.3. The molecule has 1 aromatic rings. The summed E-state index contributed by atoms with van der Waals surface area (Å²) in [7, 11) is 1.32. The summed E-state index contributed by atoms with van der Waals surface area (Å²) in [6.07, 6.45) is 35.6. The van der Waals surface area contributed by atoms with Gasteiger partial charge in [-0.05, 0) is 82.4 Å². The van der Waals surface area contributed by atoms with Gasteiger partial charge in [0, 0.05) is 32.1 Å². The van der Waals surface area contributed by atoms with E-state index in [2.05, 4.69) is 52.0 Å². The third kappa shape index (κ3) is 31.7. The number of ether oxygens (including phenoxy) is 2. The van der Waals surface area contributed by atoms with Crippen molar-refractivity contribution in [3.05, 3.63) is 71.3 Å². The molecule has 0 fully saturated rings. The molecule has 354 valence electrons. The lowest BCUT2D eigenvalue weighted by Crippen LogP contribution is -2.37. The Morgan fingerprint density at radius 3 is 1.87 bits per heavy atom. The summed E-state index contributed by atoms with van der Waals surface area (Å²) in [4.78, 5) is 47.8. The molecule has 0 radical (unpaired) electrons. The van der Waals surface area contributed by atoms with Gasteiger partial charge in [-0.1, -0.05) is 121 Å². The van der Waals surface area contributed by atoms with Gasteiger partial charge in [-0.25, -0.2) is 4.57 Å². The number of aryl methyl sites for hydroxylation is 2. The fraction of sp³-hybridized carbons (Fsp3) is 0.700. The molecule has 11 nitrogen and oxygen atoms in total. The lowest BCUT2D eigenvalue weighted by Gasteiger charge is -2.24. The van der Waals surface area contributed by atoms with E-state index >= 15 is 0 Å². The van der Waals surface area contributed by atoms with E-state index in [0.717, 1.165) is 82.1 Å². The number of allylic oxidation sites excluding steroid dienone is 8. The van der Waals surface area contributed by atoms with Crippen LogP contribution in [0.1, 0.15) is 171 Å². The third-order valence-electron chi connectivity index (χ3n) is 10.5. The second kappa shape index (κ2) is 35.3. The fourth-order valence-corrected chi connectivity index (χ4v) is 7.24. The molecule has 1 N–H and O–H groups in total. The zero-order valence-electron chi connectivity index (χ0n) is 39.8. The second-order valence-corrected chi connectivity index (χ2v) is 18.9. The number of nitrogens with zero attached hydrogens (tertiary/aromatic N) is 1. The van der Waals surface area contributed by atoms with Crippen molar-refractivity contribution in [2.75, 3.05) is 47.5 Å². The van der Waals surface area contributed by atoms with Crippen molar-refractivity contribution in [3.63, 3.8) is 0 Å². The van der Waals surface area contributed by atoms with Crippen LogP contribution < -0.4 is 0 Å². The van der Waals surface area contributed by atoms with Crippen molar-refractivity contribution in [2.24, 2.45) is 0 Å². The van der Waals surface area contributed by atoms with Gasteiger partial charge < -0.3 is 23.3 Å². The molecule has 0 aliphatic heterocycles. The molecule has 2 atom stereocenters. The topological polar surface area (TPSA) is 139 Å². The van der Waals surface area contributed by atoms with Crippen molar-refractivity contribution in [2.45, 2.75) is 181 Å². The van der Waals surface area contributed by atoms with Gasteiger partial charge >= 0.3 is 19.8 Å². The van der Waals surface area contributed by atoms with Crippen molar-refractivity contribution in [1.29, 1.82) is 0 Å². The number of carbonyl (C=O) groups is 3. The van der Waals surface area contributed by atoms with Gasteiger partial charge in [-0.2, -0.15) is 0 Å². The Bertz CT molecular complexity index is 1540. The van der Waals surface area contributed by atoms with Crippen LogP contribution in [0, 0.1) is 13.8 Å². The first-order chi connectivity index (χ1) is 29.7. The lowest BCUT2D eigenvalue weighted by molar-refractivity contribution is -0.870. The first-order valence-electron chi connectivity index (χ1n) is 23.7. The molecule has 0 bridgehead atoms. The third-order valence-corrected chi connectivity index (χ3v) is 11.5. The van der Waals surface area contributed by atoms with E-state index in [1.165, 1.54) is 62.1 Å². The molecule has 62 heavy (non-hydrogen) atoms. The number of rotatable bonds is 39. The van der Waals surface area contributed by atoms with Crippen LogP contribution in [0.25, 0.3) is 0 Å². The molecule has 0 spiro atoms. The average Bonchev–Trinajstić information content (AvgIpc) is 3.48. The Kier molecular flexibility index (Phi) is 32.4. The van der Waals surface area contributed by atoms with E-state index in [4.69, 9.17) is 22.9 Å². The Labute approximate surface area is 376 Å². The monoisotopic (exact) mass is 891 g/mol. The van der Waals surface area contributed by atoms with E-state index in [1.54, 1.807) is 6.08 Å². The lowest BCUT2D eigenvalue weighted by atomic mass is 10.0. The molecule has 0 aromatic carbocycles. The molecular formula is C50H85NO10P+. The highest BCUT2D eigenvalue weighted by molar-refractivity contribution is 7.47. The minimum absolute atomic E-state index is 0.00910. The summed E-state index contributed by atoms with van der Waals surface area (Å²) in [5, 5.41) is 0. The van der Waals surface area contributed by atoms with Crippen LogP contribution in [0.15, 0.2) is 53.0 Å². The van der Waals surface area contributed by atoms with Crippen molar-refractivity contribution in [3.8, 4) is 0 Å². The van der Waals surface area contributed by atoms with Gasteiger partial charge in [0.25, 0.3) is 0 Å². The van der Waals surface area contributed by atoms with Gasteiger partial charge in [0.15, 0.2) is 11.9 Å². The summed E-state index contributed by atoms with van der Waals surface area (Å²) in [5.74, 6) is 1.13.